The van der Waals surface area contributed by atoms with Crippen molar-refractivity contribution >= 4 is 27.5 Å². The van der Waals surface area contributed by atoms with Crippen LogP contribution in [0.5, 0.6) is 11.5 Å². The van der Waals surface area contributed by atoms with Crippen molar-refractivity contribution in [3.63, 3.8) is 0 Å². The van der Waals surface area contributed by atoms with E-state index in [0.717, 1.165) is 53.1 Å². The highest BCUT2D eigenvalue weighted by Gasteiger charge is 2.35. The minimum atomic E-state index is -4.27. The summed E-state index contributed by atoms with van der Waals surface area (Å²) in [7, 11) is -1.36. The van der Waals surface area contributed by atoms with E-state index in [1.165, 1.54) is 37.3 Å². The van der Waals surface area contributed by atoms with Gasteiger partial charge < -0.3 is 19.7 Å². The minimum absolute atomic E-state index is 0.0520. The molecule has 0 unspecified atom stereocenters. The smallest absolute Gasteiger partial charge is 0.264 e. The molecule has 0 aromatic heterocycles. The fourth-order valence-electron chi connectivity index (χ4n) is 5.97. The van der Waals surface area contributed by atoms with E-state index in [2.05, 4.69) is 5.32 Å². The molecule has 242 valence electrons. The molecule has 10 heteroatoms. The van der Waals surface area contributed by atoms with Gasteiger partial charge in [0.15, 0.2) is 11.5 Å². The molecule has 1 atom stereocenters. The van der Waals surface area contributed by atoms with Gasteiger partial charge in [-0.1, -0.05) is 62.6 Å². The van der Waals surface area contributed by atoms with Crippen LogP contribution < -0.4 is 19.1 Å². The predicted molar refractivity (Wildman–Crippen MR) is 176 cm³/mol. The molecule has 1 aliphatic rings. The summed E-state index contributed by atoms with van der Waals surface area (Å²) < 4.78 is 40.5. The summed E-state index contributed by atoms with van der Waals surface area (Å²) in [6, 6.07) is 18.5. The molecule has 0 saturated heterocycles. The van der Waals surface area contributed by atoms with Crippen LogP contribution in [0.15, 0.2) is 71.6 Å². The Morgan fingerprint density at radius 3 is 2.13 bits per heavy atom. The number of hydrogen-bond donors (Lipinski definition) is 1. The van der Waals surface area contributed by atoms with Crippen LogP contribution in [0.4, 0.5) is 5.69 Å². The van der Waals surface area contributed by atoms with Gasteiger partial charge in [-0.3, -0.25) is 13.9 Å². The highest BCUT2D eigenvalue weighted by molar-refractivity contribution is 7.92. The number of nitrogens with zero attached hydrogens (tertiary/aromatic N) is 2. The van der Waals surface area contributed by atoms with Crippen LogP contribution in [0.3, 0.4) is 0 Å². The average Bonchev–Trinajstić information content (AvgIpc) is 3.03. The number of carbonyl (C=O) groups excluding carboxylic acids is 2. The lowest BCUT2D eigenvalue weighted by atomic mass is 9.95. The first-order valence-electron chi connectivity index (χ1n) is 15.5. The van der Waals surface area contributed by atoms with E-state index in [-0.39, 0.29) is 29.1 Å². The number of amides is 2. The molecule has 0 aliphatic heterocycles. The summed E-state index contributed by atoms with van der Waals surface area (Å²) in [5.41, 5.74) is 2.90. The van der Waals surface area contributed by atoms with Gasteiger partial charge in [-0.15, -0.1) is 0 Å². The van der Waals surface area contributed by atoms with Gasteiger partial charge in [0, 0.05) is 18.7 Å². The van der Waals surface area contributed by atoms with Crippen molar-refractivity contribution in [3.05, 3.63) is 83.4 Å². The van der Waals surface area contributed by atoms with Gasteiger partial charge >= 0.3 is 0 Å². The molecule has 9 nitrogen and oxygen atoms in total. The number of hydrogen-bond acceptors (Lipinski definition) is 6. The van der Waals surface area contributed by atoms with Crippen LogP contribution >= 0.6 is 0 Å². The van der Waals surface area contributed by atoms with Crippen molar-refractivity contribution in [2.24, 2.45) is 0 Å². The first-order valence-corrected chi connectivity index (χ1v) is 17.0. The fraction of sp³-hybridized carbons (Fsp3) is 0.429. The molecule has 1 fully saturated rings. The maximum absolute atomic E-state index is 14.4. The van der Waals surface area contributed by atoms with Crippen LogP contribution in [0, 0.1) is 13.8 Å². The molecule has 2 amide bonds. The standard InChI is InChI=1S/C35H45N3O6S/c1-6-31(35(40)36-28-15-11-8-12-16-28)37(23-27-13-9-7-10-14-27)34(39)24-38(29-20-25(2)19-26(3)21-29)45(41,42)30-17-18-32(43-4)33(22-30)44-5/h7,9-10,13-14,17-22,28,31H,6,8,11-12,15-16,23-24H2,1-5H3,(H,36,40)/t31-/m1/s1. The lowest BCUT2D eigenvalue weighted by Gasteiger charge is -2.34. The van der Waals surface area contributed by atoms with Crippen molar-refractivity contribution in [2.45, 2.75) is 82.8 Å². The predicted octanol–water partition coefficient (Wildman–Crippen LogP) is 5.77. The van der Waals surface area contributed by atoms with Gasteiger partial charge in [-0.2, -0.15) is 0 Å². The second-order valence-corrected chi connectivity index (χ2v) is 13.5. The number of carbonyl (C=O) groups is 2. The number of rotatable bonds is 13. The van der Waals surface area contributed by atoms with E-state index in [0.29, 0.717) is 17.9 Å². The minimum Gasteiger partial charge on any atom is -0.493 e. The Bertz CT molecular complexity index is 1550. The van der Waals surface area contributed by atoms with Gasteiger partial charge in [-0.25, -0.2) is 8.42 Å². The number of aryl methyl sites for hydroxylation is 2. The summed E-state index contributed by atoms with van der Waals surface area (Å²) in [6.45, 7) is 5.29. The SMILES string of the molecule is CC[C@H](C(=O)NC1CCCCC1)N(Cc1ccccc1)C(=O)CN(c1cc(C)cc(C)c1)S(=O)(=O)c1ccc(OC)c(OC)c1. The maximum atomic E-state index is 14.4. The van der Waals surface area contributed by atoms with Crippen LogP contribution in [-0.2, 0) is 26.2 Å². The van der Waals surface area contributed by atoms with Crippen LogP contribution in [0.25, 0.3) is 0 Å². The first-order chi connectivity index (χ1) is 21.6. The van der Waals surface area contributed by atoms with E-state index >= 15 is 0 Å². The van der Waals surface area contributed by atoms with E-state index in [9.17, 15) is 18.0 Å². The zero-order valence-corrected chi connectivity index (χ0v) is 27.7. The van der Waals surface area contributed by atoms with Crippen LogP contribution in [0.2, 0.25) is 0 Å². The second-order valence-electron chi connectivity index (χ2n) is 11.6. The van der Waals surface area contributed by atoms with E-state index in [1.54, 1.807) is 12.1 Å². The quantitative estimate of drug-likeness (QED) is 0.256. The third-order valence-corrected chi connectivity index (χ3v) is 10.0. The van der Waals surface area contributed by atoms with Gasteiger partial charge in [0.05, 0.1) is 24.8 Å². The Balaban J connectivity index is 1.75. The Morgan fingerprint density at radius 1 is 0.889 bits per heavy atom. The van der Waals surface area contributed by atoms with E-state index < -0.39 is 28.5 Å². The number of ether oxygens (including phenoxy) is 2. The molecular formula is C35H45N3O6S. The van der Waals surface area contributed by atoms with Gasteiger partial charge in [0.25, 0.3) is 10.0 Å². The summed E-state index contributed by atoms with van der Waals surface area (Å²) in [5, 5.41) is 3.18. The Hall–Kier alpha value is -4.05. The molecule has 1 aliphatic carbocycles. The van der Waals surface area contributed by atoms with Crippen molar-refractivity contribution < 1.29 is 27.5 Å². The van der Waals surface area contributed by atoms with Crippen molar-refractivity contribution in [1.29, 1.82) is 0 Å². The third kappa shape index (κ3) is 8.36. The van der Waals surface area contributed by atoms with Crippen molar-refractivity contribution in [2.75, 3.05) is 25.1 Å². The lowest BCUT2D eigenvalue weighted by molar-refractivity contribution is -0.140. The van der Waals surface area contributed by atoms with Crippen LogP contribution in [-0.4, -0.2) is 58.0 Å². The molecule has 0 spiro atoms. The molecule has 3 aromatic carbocycles. The Kier molecular flexibility index (Phi) is 11.5. The molecule has 3 aromatic rings. The van der Waals surface area contributed by atoms with E-state index in [4.69, 9.17) is 9.47 Å². The molecule has 1 saturated carbocycles. The van der Waals surface area contributed by atoms with Crippen LogP contribution in [0.1, 0.15) is 62.1 Å². The number of anilines is 1. The Labute approximate surface area is 267 Å². The molecule has 0 bridgehead atoms. The number of benzene rings is 3. The average molecular weight is 636 g/mol. The van der Waals surface area contributed by atoms with Crippen molar-refractivity contribution in [3.8, 4) is 11.5 Å². The molecule has 1 N–H and O–H groups in total. The second kappa shape index (κ2) is 15.3. The Morgan fingerprint density at radius 2 is 1.53 bits per heavy atom. The van der Waals surface area contributed by atoms with Gasteiger partial charge in [0.2, 0.25) is 11.8 Å². The summed E-state index contributed by atoms with van der Waals surface area (Å²) >= 11 is 0. The van der Waals surface area contributed by atoms with Gasteiger partial charge in [0.1, 0.15) is 12.6 Å². The maximum Gasteiger partial charge on any atom is 0.264 e. The molecule has 0 heterocycles. The molecule has 45 heavy (non-hydrogen) atoms. The van der Waals surface area contributed by atoms with E-state index in [1.807, 2.05) is 57.2 Å². The topological polar surface area (TPSA) is 105 Å². The molecule has 4 rings (SSSR count). The normalized spacial score (nSPS) is 14.3. The molecule has 0 radical (unpaired) electrons. The number of nitrogens with one attached hydrogen (secondary N) is 1. The largest absolute Gasteiger partial charge is 0.493 e. The third-order valence-electron chi connectivity index (χ3n) is 8.25. The lowest BCUT2D eigenvalue weighted by Crippen LogP contribution is -2.54. The fourth-order valence-corrected chi connectivity index (χ4v) is 7.39. The van der Waals surface area contributed by atoms with Gasteiger partial charge in [-0.05, 0) is 74.1 Å². The summed E-state index contributed by atoms with van der Waals surface area (Å²) in [6.07, 6.45) is 5.49. The van der Waals surface area contributed by atoms with Crippen molar-refractivity contribution in [1.82, 2.24) is 10.2 Å². The summed E-state index contributed by atoms with van der Waals surface area (Å²) in [4.78, 5) is 29.6. The first kappa shape index (κ1) is 33.8. The number of methoxy groups -OCH3 is 2. The monoisotopic (exact) mass is 635 g/mol. The highest BCUT2D eigenvalue weighted by Crippen LogP contribution is 2.33. The number of sulfonamides is 1. The zero-order chi connectivity index (χ0) is 32.6. The highest BCUT2D eigenvalue weighted by atomic mass is 32.2. The summed E-state index contributed by atoms with van der Waals surface area (Å²) in [5.74, 6) is -0.0576. The molecular weight excluding hydrogens is 590 g/mol. The zero-order valence-electron chi connectivity index (χ0n) is 26.9.